The number of hydrogen-bond acceptors (Lipinski definition) is 2. The summed E-state index contributed by atoms with van der Waals surface area (Å²) in [5.41, 5.74) is 1.90. The van der Waals surface area contributed by atoms with Gasteiger partial charge in [0.05, 0.1) is 6.54 Å². The van der Waals surface area contributed by atoms with Gasteiger partial charge < -0.3 is 20.9 Å². The third-order valence-corrected chi connectivity index (χ3v) is 4.35. The van der Waals surface area contributed by atoms with Crippen LogP contribution in [0.1, 0.15) is 45.6 Å². The molecule has 0 aromatic heterocycles. The average Bonchev–Trinajstić information content (AvgIpc) is 3.14. The normalized spacial score (nSPS) is 14.6. The maximum absolute atomic E-state index is 12.2. The van der Waals surface area contributed by atoms with Crippen molar-refractivity contribution in [3.63, 3.8) is 0 Å². The highest BCUT2D eigenvalue weighted by atomic mass is 16.2. The molecule has 0 spiro atoms. The van der Waals surface area contributed by atoms with Crippen LogP contribution in [0.15, 0.2) is 29.3 Å². The lowest BCUT2D eigenvalue weighted by molar-refractivity contribution is 0.222. The molecule has 1 saturated heterocycles. The van der Waals surface area contributed by atoms with Crippen LogP contribution in [0.4, 0.5) is 10.5 Å². The average molecular weight is 360 g/mol. The molecule has 144 valence electrons. The fourth-order valence-electron chi connectivity index (χ4n) is 2.86. The summed E-state index contributed by atoms with van der Waals surface area (Å²) in [5, 5.41) is 9.63. The highest BCUT2D eigenvalue weighted by Gasteiger charge is 2.17. The maximum atomic E-state index is 12.2. The zero-order valence-corrected chi connectivity index (χ0v) is 16.3. The zero-order valence-electron chi connectivity index (χ0n) is 16.3. The van der Waals surface area contributed by atoms with Gasteiger partial charge in [-0.3, -0.25) is 0 Å². The number of amides is 2. The molecule has 26 heavy (non-hydrogen) atoms. The Balaban J connectivity index is 1.91. The fraction of sp³-hybridized carbons (Fsp3) is 0.600. The third-order valence-electron chi connectivity index (χ3n) is 4.35. The molecule has 0 radical (unpaired) electrons. The van der Waals surface area contributed by atoms with Crippen molar-refractivity contribution in [1.82, 2.24) is 15.5 Å². The molecular formula is C20H33N5O. The van der Waals surface area contributed by atoms with Crippen LogP contribution in [0, 0.1) is 5.92 Å². The predicted molar refractivity (Wildman–Crippen MR) is 109 cm³/mol. The molecule has 0 atom stereocenters. The number of guanidine groups is 1. The van der Waals surface area contributed by atoms with Gasteiger partial charge in [-0.15, -0.1) is 0 Å². The summed E-state index contributed by atoms with van der Waals surface area (Å²) >= 11 is 0. The smallest absolute Gasteiger partial charge is 0.321 e. The van der Waals surface area contributed by atoms with E-state index in [0.717, 1.165) is 62.7 Å². The molecule has 0 saturated carbocycles. The lowest BCUT2D eigenvalue weighted by Gasteiger charge is -2.16. The molecule has 1 heterocycles. The minimum Gasteiger partial charge on any atom is -0.357 e. The van der Waals surface area contributed by atoms with Gasteiger partial charge >= 0.3 is 6.03 Å². The van der Waals surface area contributed by atoms with E-state index in [1.165, 1.54) is 0 Å². The Kier molecular flexibility index (Phi) is 8.25. The van der Waals surface area contributed by atoms with Crippen molar-refractivity contribution in [2.24, 2.45) is 10.9 Å². The van der Waals surface area contributed by atoms with Crippen LogP contribution in [0.5, 0.6) is 0 Å². The monoisotopic (exact) mass is 359 g/mol. The second kappa shape index (κ2) is 10.7. The summed E-state index contributed by atoms with van der Waals surface area (Å²) in [6, 6.07) is 7.91. The number of hydrogen-bond donors (Lipinski definition) is 3. The van der Waals surface area contributed by atoms with E-state index in [9.17, 15) is 4.79 Å². The van der Waals surface area contributed by atoms with Crippen LogP contribution in [0.3, 0.4) is 0 Å². The third kappa shape index (κ3) is 6.94. The van der Waals surface area contributed by atoms with E-state index in [1.807, 2.05) is 29.2 Å². The highest BCUT2D eigenvalue weighted by molar-refractivity contribution is 5.89. The number of urea groups is 1. The largest absolute Gasteiger partial charge is 0.357 e. The molecule has 0 aliphatic carbocycles. The number of carbonyl (C=O) groups is 1. The van der Waals surface area contributed by atoms with Gasteiger partial charge in [-0.2, -0.15) is 0 Å². The van der Waals surface area contributed by atoms with Crippen LogP contribution in [-0.2, 0) is 6.54 Å². The van der Waals surface area contributed by atoms with Gasteiger partial charge in [0.1, 0.15) is 0 Å². The van der Waals surface area contributed by atoms with Gasteiger partial charge in [-0.05, 0) is 49.8 Å². The molecule has 1 aliphatic heterocycles. The quantitative estimate of drug-likeness (QED) is 0.516. The molecule has 0 bridgehead atoms. The minimum absolute atomic E-state index is 0.00755. The van der Waals surface area contributed by atoms with Crippen molar-refractivity contribution in [1.29, 1.82) is 0 Å². The highest BCUT2D eigenvalue weighted by Crippen LogP contribution is 2.14. The maximum Gasteiger partial charge on any atom is 0.321 e. The molecule has 1 aromatic rings. The van der Waals surface area contributed by atoms with Gasteiger partial charge in [0.15, 0.2) is 5.96 Å². The van der Waals surface area contributed by atoms with Crippen LogP contribution in [0.2, 0.25) is 0 Å². The van der Waals surface area contributed by atoms with Crippen LogP contribution < -0.4 is 16.0 Å². The Morgan fingerprint density at radius 1 is 1.23 bits per heavy atom. The standard InChI is InChI=1S/C20H33N5O/c1-4-21-19(22-11-10-16(2)3)23-15-17-8-7-9-18(14-17)24-20(26)25-12-5-6-13-25/h7-9,14,16H,4-6,10-13,15H2,1-3H3,(H,24,26)(H2,21,22,23). The van der Waals surface area contributed by atoms with Crippen LogP contribution in [-0.4, -0.2) is 43.1 Å². The number of likely N-dealkylation sites (tertiary alicyclic amines) is 1. The fourth-order valence-corrected chi connectivity index (χ4v) is 2.86. The molecule has 1 fully saturated rings. The van der Waals surface area contributed by atoms with E-state index in [1.54, 1.807) is 0 Å². The van der Waals surface area contributed by atoms with E-state index in [0.29, 0.717) is 12.5 Å². The molecule has 6 nitrogen and oxygen atoms in total. The van der Waals surface area contributed by atoms with E-state index >= 15 is 0 Å². The topological polar surface area (TPSA) is 68.8 Å². The molecule has 2 rings (SSSR count). The summed E-state index contributed by atoms with van der Waals surface area (Å²) in [6.45, 7) is 10.5. The molecule has 0 unspecified atom stereocenters. The number of benzene rings is 1. The molecule has 1 aliphatic rings. The number of nitrogens with one attached hydrogen (secondary N) is 3. The van der Waals surface area contributed by atoms with E-state index in [2.05, 4.69) is 41.7 Å². The molecule has 3 N–H and O–H groups in total. The lowest BCUT2D eigenvalue weighted by atomic mass is 10.1. The van der Waals surface area contributed by atoms with E-state index in [-0.39, 0.29) is 6.03 Å². The Morgan fingerprint density at radius 2 is 2.00 bits per heavy atom. The molecule has 1 aromatic carbocycles. The van der Waals surface area contributed by atoms with E-state index < -0.39 is 0 Å². The summed E-state index contributed by atoms with van der Waals surface area (Å²) < 4.78 is 0. The molecular weight excluding hydrogens is 326 g/mol. The summed E-state index contributed by atoms with van der Waals surface area (Å²) in [5.74, 6) is 1.50. The number of rotatable bonds is 7. The van der Waals surface area contributed by atoms with E-state index in [4.69, 9.17) is 0 Å². The first-order chi connectivity index (χ1) is 12.6. The molecule has 6 heteroatoms. The predicted octanol–water partition coefficient (Wildman–Crippen LogP) is 3.42. The van der Waals surface area contributed by atoms with Crippen molar-refractivity contribution < 1.29 is 4.79 Å². The van der Waals surface area contributed by atoms with Gasteiger partial charge in [0.2, 0.25) is 0 Å². The zero-order chi connectivity index (χ0) is 18.8. The second-order valence-corrected chi connectivity index (χ2v) is 7.13. The summed E-state index contributed by atoms with van der Waals surface area (Å²) in [6.07, 6.45) is 3.31. The van der Waals surface area contributed by atoms with Crippen molar-refractivity contribution in [2.75, 3.05) is 31.5 Å². The van der Waals surface area contributed by atoms with Crippen molar-refractivity contribution in [3.05, 3.63) is 29.8 Å². The molecule has 2 amide bonds. The van der Waals surface area contributed by atoms with Gasteiger partial charge in [0, 0.05) is 31.9 Å². The first-order valence-electron chi connectivity index (χ1n) is 9.75. The second-order valence-electron chi connectivity index (χ2n) is 7.13. The Hall–Kier alpha value is -2.24. The Labute approximate surface area is 157 Å². The first-order valence-corrected chi connectivity index (χ1v) is 9.75. The van der Waals surface area contributed by atoms with Crippen molar-refractivity contribution >= 4 is 17.7 Å². The first kappa shape index (κ1) is 20.1. The Bertz CT molecular complexity index is 594. The summed E-state index contributed by atoms with van der Waals surface area (Å²) in [7, 11) is 0. The SMILES string of the molecule is CCNC(=NCc1cccc(NC(=O)N2CCCC2)c1)NCCC(C)C. The number of nitrogens with zero attached hydrogens (tertiary/aromatic N) is 2. The lowest BCUT2D eigenvalue weighted by Crippen LogP contribution is -2.38. The minimum atomic E-state index is -0.00755. The van der Waals surface area contributed by atoms with Gasteiger partial charge in [-0.1, -0.05) is 26.0 Å². The Morgan fingerprint density at radius 3 is 2.69 bits per heavy atom. The van der Waals surface area contributed by atoms with Crippen LogP contribution >= 0.6 is 0 Å². The number of anilines is 1. The van der Waals surface area contributed by atoms with Crippen molar-refractivity contribution in [2.45, 2.75) is 46.6 Å². The number of carbonyl (C=O) groups excluding carboxylic acids is 1. The summed E-state index contributed by atoms with van der Waals surface area (Å²) in [4.78, 5) is 18.7. The van der Waals surface area contributed by atoms with Gasteiger partial charge in [0.25, 0.3) is 0 Å². The number of aliphatic imine (C=N–C) groups is 1. The van der Waals surface area contributed by atoms with Crippen molar-refractivity contribution in [3.8, 4) is 0 Å². The van der Waals surface area contributed by atoms with Crippen LogP contribution in [0.25, 0.3) is 0 Å². The van der Waals surface area contributed by atoms with Gasteiger partial charge in [-0.25, -0.2) is 9.79 Å².